The number of esters is 1. The Labute approximate surface area is 183 Å². The van der Waals surface area contributed by atoms with Crippen LogP contribution in [0.3, 0.4) is 0 Å². The number of ether oxygens (including phenoxy) is 1. The number of piperazine rings is 1. The fourth-order valence-electron chi connectivity index (χ4n) is 7.00. The van der Waals surface area contributed by atoms with Gasteiger partial charge in [-0.2, -0.15) is 0 Å². The molecule has 4 saturated carbocycles. The monoisotopic (exact) mass is 430 g/mol. The van der Waals surface area contributed by atoms with Crippen molar-refractivity contribution in [2.45, 2.75) is 44.9 Å². The van der Waals surface area contributed by atoms with Crippen LogP contribution >= 0.6 is 11.6 Å². The lowest BCUT2D eigenvalue weighted by Gasteiger charge is -2.56. The lowest BCUT2D eigenvalue weighted by atomic mass is 9.49. The van der Waals surface area contributed by atoms with Crippen molar-refractivity contribution in [3.8, 4) is 0 Å². The standard InChI is InChI=1S/C24H31ClN2O3/c25-20-3-1-2-4-21(20)26-5-7-27(8-6-26)22(28)16-30-23(29)15-24-12-17-9-18(13-24)11-19(10-17)14-24/h1-4,17-19H,5-16H2. The zero-order valence-corrected chi connectivity index (χ0v) is 18.3. The van der Waals surface area contributed by atoms with Crippen molar-refractivity contribution in [2.75, 3.05) is 37.7 Å². The summed E-state index contributed by atoms with van der Waals surface area (Å²) in [6.07, 6.45) is 8.17. The molecule has 1 heterocycles. The highest BCUT2D eigenvalue weighted by molar-refractivity contribution is 6.33. The van der Waals surface area contributed by atoms with Crippen molar-refractivity contribution in [2.24, 2.45) is 23.2 Å². The highest BCUT2D eigenvalue weighted by Gasteiger charge is 2.51. The molecule has 4 bridgehead atoms. The molecule has 5 fully saturated rings. The van der Waals surface area contributed by atoms with Crippen LogP contribution in [0.15, 0.2) is 24.3 Å². The van der Waals surface area contributed by atoms with Crippen LogP contribution in [-0.2, 0) is 14.3 Å². The predicted molar refractivity (Wildman–Crippen MR) is 116 cm³/mol. The van der Waals surface area contributed by atoms with Gasteiger partial charge in [0.1, 0.15) is 0 Å². The maximum Gasteiger partial charge on any atom is 0.306 e. The summed E-state index contributed by atoms with van der Waals surface area (Å²) in [5.41, 5.74) is 1.17. The van der Waals surface area contributed by atoms with Gasteiger partial charge in [0, 0.05) is 26.2 Å². The molecule has 5 nitrogen and oxygen atoms in total. The minimum Gasteiger partial charge on any atom is -0.456 e. The Morgan fingerprint density at radius 3 is 2.17 bits per heavy atom. The Hall–Kier alpha value is -1.75. The highest BCUT2D eigenvalue weighted by Crippen LogP contribution is 2.61. The van der Waals surface area contributed by atoms with Crippen LogP contribution in [0.4, 0.5) is 5.69 Å². The van der Waals surface area contributed by atoms with Gasteiger partial charge in [0.15, 0.2) is 6.61 Å². The number of hydrogen-bond donors (Lipinski definition) is 0. The van der Waals surface area contributed by atoms with Crippen molar-refractivity contribution in [3.63, 3.8) is 0 Å². The molecule has 4 aliphatic carbocycles. The van der Waals surface area contributed by atoms with Crippen LogP contribution in [0.2, 0.25) is 5.02 Å². The lowest BCUT2D eigenvalue weighted by molar-refractivity contribution is -0.158. The molecule has 0 spiro atoms. The fraction of sp³-hybridized carbons (Fsp3) is 0.667. The minimum absolute atomic E-state index is 0.0901. The van der Waals surface area contributed by atoms with Crippen LogP contribution in [0.25, 0.3) is 0 Å². The molecule has 5 aliphatic rings. The molecule has 0 unspecified atom stereocenters. The van der Waals surface area contributed by atoms with Gasteiger partial charge in [-0.3, -0.25) is 9.59 Å². The summed E-state index contributed by atoms with van der Waals surface area (Å²) in [5, 5.41) is 0.732. The van der Waals surface area contributed by atoms with Crippen LogP contribution in [0, 0.1) is 23.2 Å². The molecule has 0 aromatic heterocycles. The van der Waals surface area contributed by atoms with Gasteiger partial charge in [-0.1, -0.05) is 23.7 Å². The van der Waals surface area contributed by atoms with E-state index in [4.69, 9.17) is 16.3 Å². The molecule has 0 N–H and O–H groups in total. The van der Waals surface area contributed by atoms with Gasteiger partial charge in [0.25, 0.3) is 5.91 Å². The van der Waals surface area contributed by atoms with Crippen molar-refractivity contribution in [1.29, 1.82) is 0 Å². The summed E-state index contributed by atoms with van der Waals surface area (Å²) in [4.78, 5) is 29.2. The quantitative estimate of drug-likeness (QED) is 0.659. The lowest BCUT2D eigenvalue weighted by Crippen LogP contribution is -2.50. The third-order valence-corrected chi connectivity index (χ3v) is 8.19. The average molecular weight is 431 g/mol. The number of benzene rings is 1. The first kappa shape index (κ1) is 20.2. The molecule has 6 rings (SSSR count). The summed E-state index contributed by atoms with van der Waals surface area (Å²) in [7, 11) is 0. The largest absolute Gasteiger partial charge is 0.456 e. The SMILES string of the molecule is O=C(CC12CC3CC(CC(C3)C1)C2)OCC(=O)N1CCN(c2ccccc2Cl)CC1. The molecular weight excluding hydrogens is 400 g/mol. The number of rotatable bonds is 5. The van der Waals surface area contributed by atoms with Gasteiger partial charge in [-0.25, -0.2) is 0 Å². The number of anilines is 1. The first-order valence-electron chi connectivity index (χ1n) is 11.4. The Balaban J connectivity index is 1.09. The van der Waals surface area contributed by atoms with Gasteiger partial charge in [-0.05, 0) is 73.8 Å². The number of carbonyl (C=O) groups excluding carboxylic acids is 2. The molecule has 30 heavy (non-hydrogen) atoms. The second-order valence-electron chi connectivity index (χ2n) is 10.1. The maximum absolute atomic E-state index is 12.6. The summed E-state index contributed by atoms with van der Waals surface area (Å²) < 4.78 is 5.46. The number of amides is 1. The van der Waals surface area contributed by atoms with Crippen molar-refractivity contribution < 1.29 is 14.3 Å². The van der Waals surface area contributed by atoms with Crippen LogP contribution in [0.5, 0.6) is 0 Å². The molecule has 6 heteroatoms. The molecule has 0 atom stereocenters. The van der Waals surface area contributed by atoms with Crippen LogP contribution < -0.4 is 4.90 Å². The third kappa shape index (κ3) is 4.05. The van der Waals surface area contributed by atoms with Gasteiger partial charge in [0.2, 0.25) is 0 Å². The van der Waals surface area contributed by atoms with E-state index in [1.165, 1.54) is 38.5 Å². The van der Waals surface area contributed by atoms with E-state index in [1.54, 1.807) is 4.90 Å². The van der Waals surface area contributed by atoms with E-state index < -0.39 is 0 Å². The molecular formula is C24H31ClN2O3. The zero-order chi connectivity index (χ0) is 20.7. The van der Waals surface area contributed by atoms with Crippen molar-refractivity contribution >= 4 is 29.2 Å². The Kier molecular flexibility index (Phi) is 5.42. The fourth-order valence-corrected chi connectivity index (χ4v) is 7.26. The molecule has 1 aromatic rings. The van der Waals surface area contributed by atoms with E-state index in [-0.39, 0.29) is 23.9 Å². The second-order valence-corrected chi connectivity index (χ2v) is 10.5. The van der Waals surface area contributed by atoms with Crippen LogP contribution in [0.1, 0.15) is 44.9 Å². The first-order chi connectivity index (χ1) is 14.5. The molecule has 1 saturated heterocycles. The van der Waals surface area contributed by atoms with E-state index in [0.29, 0.717) is 19.5 Å². The average Bonchev–Trinajstić information content (AvgIpc) is 2.71. The van der Waals surface area contributed by atoms with E-state index in [9.17, 15) is 9.59 Å². The minimum atomic E-state index is -0.181. The Bertz CT molecular complexity index is 783. The Morgan fingerprint density at radius 1 is 0.967 bits per heavy atom. The molecule has 162 valence electrons. The van der Waals surface area contributed by atoms with Crippen molar-refractivity contribution in [1.82, 2.24) is 4.90 Å². The first-order valence-corrected chi connectivity index (χ1v) is 11.8. The maximum atomic E-state index is 12.6. The number of hydrogen-bond acceptors (Lipinski definition) is 4. The third-order valence-electron chi connectivity index (χ3n) is 7.87. The number of carbonyl (C=O) groups is 2. The van der Waals surface area contributed by atoms with Gasteiger partial charge < -0.3 is 14.5 Å². The number of halogens is 1. The van der Waals surface area contributed by atoms with Gasteiger partial charge in [0.05, 0.1) is 17.1 Å². The highest BCUT2D eigenvalue weighted by atomic mass is 35.5. The predicted octanol–water partition coefficient (Wildman–Crippen LogP) is 4.14. The van der Waals surface area contributed by atoms with E-state index in [0.717, 1.165) is 41.6 Å². The smallest absolute Gasteiger partial charge is 0.306 e. The summed E-state index contributed by atoms with van der Waals surface area (Å²) in [6.45, 7) is 2.58. The molecule has 1 aromatic carbocycles. The van der Waals surface area contributed by atoms with Crippen molar-refractivity contribution in [3.05, 3.63) is 29.3 Å². The van der Waals surface area contributed by atoms with E-state index >= 15 is 0 Å². The summed E-state index contributed by atoms with van der Waals surface area (Å²) in [6, 6.07) is 7.79. The van der Waals surface area contributed by atoms with Gasteiger partial charge in [-0.15, -0.1) is 0 Å². The normalized spacial score (nSPS) is 32.4. The number of nitrogens with zero attached hydrogens (tertiary/aromatic N) is 2. The Morgan fingerprint density at radius 2 is 1.57 bits per heavy atom. The second kappa shape index (κ2) is 8.07. The topological polar surface area (TPSA) is 49.9 Å². The van der Waals surface area contributed by atoms with E-state index in [2.05, 4.69) is 4.90 Å². The van der Waals surface area contributed by atoms with Crippen LogP contribution in [-0.4, -0.2) is 49.6 Å². The zero-order valence-electron chi connectivity index (χ0n) is 17.5. The number of para-hydroxylation sites is 1. The summed E-state index contributed by atoms with van der Waals surface area (Å²) >= 11 is 6.29. The van der Waals surface area contributed by atoms with Gasteiger partial charge >= 0.3 is 5.97 Å². The molecule has 0 radical (unpaired) electrons. The molecule has 1 aliphatic heterocycles. The molecule has 1 amide bonds. The van der Waals surface area contributed by atoms with E-state index in [1.807, 2.05) is 24.3 Å². The summed E-state index contributed by atoms with van der Waals surface area (Å²) in [5.74, 6) is 2.19.